The van der Waals surface area contributed by atoms with E-state index in [1.165, 1.54) is 12.1 Å². The number of hydrogen-bond acceptors (Lipinski definition) is 4. The standard InChI is InChI=1S/C15H11NO4S/c1-2-3-8-16-13(17)12(21-15(16)20)9-10-4-6-11(7-5-10)14(18)19/h1,4-7,9H,3,8H2,(H,18,19)/b12-9-. The number of imide groups is 1. The first-order valence-corrected chi connectivity index (χ1v) is 6.87. The molecule has 0 spiro atoms. The van der Waals surface area contributed by atoms with Crippen LogP contribution in [0.3, 0.4) is 0 Å². The van der Waals surface area contributed by atoms with Crippen LogP contribution in [0.2, 0.25) is 0 Å². The van der Waals surface area contributed by atoms with Gasteiger partial charge in [0.2, 0.25) is 0 Å². The molecule has 1 aromatic rings. The zero-order valence-corrected chi connectivity index (χ0v) is 11.7. The lowest BCUT2D eigenvalue weighted by atomic mass is 10.1. The van der Waals surface area contributed by atoms with Crippen molar-refractivity contribution in [3.63, 3.8) is 0 Å². The zero-order valence-electron chi connectivity index (χ0n) is 10.9. The highest BCUT2D eigenvalue weighted by atomic mass is 32.2. The fourth-order valence-electron chi connectivity index (χ4n) is 1.74. The van der Waals surface area contributed by atoms with Gasteiger partial charge >= 0.3 is 5.97 Å². The summed E-state index contributed by atoms with van der Waals surface area (Å²) in [4.78, 5) is 35.9. The Morgan fingerprint density at radius 3 is 2.57 bits per heavy atom. The number of benzene rings is 1. The Balaban J connectivity index is 2.18. The van der Waals surface area contributed by atoms with Crippen LogP contribution in [0.4, 0.5) is 4.79 Å². The number of carboxylic acid groups (broad SMARTS) is 1. The summed E-state index contributed by atoms with van der Waals surface area (Å²) in [5, 5.41) is 8.47. The van der Waals surface area contributed by atoms with Gasteiger partial charge in [0.25, 0.3) is 11.1 Å². The molecule has 0 radical (unpaired) electrons. The number of nitrogens with zero attached hydrogens (tertiary/aromatic N) is 1. The number of rotatable bonds is 4. The molecular formula is C15H11NO4S. The van der Waals surface area contributed by atoms with Crippen molar-refractivity contribution in [1.29, 1.82) is 0 Å². The van der Waals surface area contributed by atoms with Crippen LogP contribution in [-0.4, -0.2) is 33.7 Å². The van der Waals surface area contributed by atoms with E-state index in [1.54, 1.807) is 18.2 Å². The highest BCUT2D eigenvalue weighted by molar-refractivity contribution is 8.18. The summed E-state index contributed by atoms with van der Waals surface area (Å²) in [5.41, 5.74) is 0.816. The van der Waals surface area contributed by atoms with Crippen LogP contribution in [-0.2, 0) is 4.79 Å². The third-order valence-corrected chi connectivity index (χ3v) is 3.72. The third-order valence-electron chi connectivity index (χ3n) is 2.81. The topological polar surface area (TPSA) is 74.7 Å². The first-order chi connectivity index (χ1) is 10.0. The van der Waals surface area contributed by atoms with Crippen LogP contribution >= 0.6 is 11.8 Å². The second-order valence-corrected chi connectivity index (χ2v) is 5.21. The third kappa shape index (κ3) is 3.33. The van der Waals surface area contributed by atoms with E-state index in [1.807, 2.05) is 0 Å². The molecule has 1 heterocycles. The van der Waals surface area contributed by atoms with Gasteiger partial charge in [-0.3, -0.25) is 14.5 Å². The number of terminal acetylenes is 1. The van der Waals surface area contributed by atoms with Gasteiger partial charge < -0.3 is 5.11 Å². The second-order valence-electron chi connectivity index (χ2n) is 4.21. The van der Waals surface area contributed by atoms with E-state index < -0.39 is 5.97 Å². The number of carbonyl (C=O) groups is 3. The minimum atomic E-state index is -1.02. The Bertz CT molecular complexity index is 670. The van der Waals surface area contributed by atoms with Gasteiger partial charge in [-0.2, -0.15) is 0 Å². The summed E-state index contributed by atoms with van der Waals surface area (Å²) in [5.74, 6) is 0.997. The van der Waals surface area contributed by atoms with Crippen molar-refractivity contribution in [2.75, 3.05) is 6.54 Å². The van der Waals surface area contributed by atoms with Crippen LogP contribution in [0.5, 0.6) is 0 Å². The number of amides is 2. The maximum absolute atomic E-state index is 12.1. The zero-order chi connectivity index (χ0) is 15.4. The van der Waals surface area contributed by atoms with Crippen molar-refractivity contribution in [2.45, 2.75) is 6.42 Å². The summed E-state index contributed by atoms with van der Waals surface area (Å²) >= 11 is 0.851. The SMILES string of the molecule is C#CCCN1C(=O)S/C(=C\c2ccc(C(=O)O)cc2)C1=O. The maximum Gasteiger partial charge on any atom is 0.335 e. The highest BCUT2D eigenvalue weighted by Crippen LogP contribution is 2.32. The number of carboxylic acids is 1. The quantitative estimate of drug-likeness (QED) is 0.683. The van der Waals surface area contributed by atoms with Crippen molar-refractivity contribution >= 4 is 35.0 Å². The second kappa shape index (κ2) is 6.29. The Kier molecular flexibility index (Phi) is 4.45. The van der Waals surface area contributed by atoms with Crippen molar-refractivity contribution in [2.24, 2.45) is 0 Å². The number of thioether (sulfide) groups is 1. The molecule has 21 heavy (non-hydrogen) atoms. The normalized spacial score (nSPS) is 16.3. The lowest BCUT2D eigenvalue weighted by Gasteiger charge is -2.09. The lowest BCUT2D eigenvalue weighted by molar-refractivity contribution is -0.122. The van der Waals surface area contributed by atoms with Gasteiger partial charge in [-0.25, -0.2) is 4.79 Å². The molecule has 0 aromatic heterocycles. The molecular weight excluding hydrogens is 290 g/mol. The van der Waals surface area contributed by atoms with Crippen LogP contribution in [0.15, 0.2) is 29.2 Å². The molecule has 1 N–H and O–H groups in total. The maximum atomic E-state index is 12.1. The molecule has 2 amide bonds. The average molecular weight is 301 g/mol. The number of aromatic carboxylic acids is 1. The van der Waals surface area contributed by atoms with Crippen molar-refractivity contribution in [3.8, 4) is 12.3 Å². The summed E-state index contributed by atoms with van der Waals surface area (Å²) in [7, 11) is 0. The van der Waals surface area contributed by atoms with E-state index in [2.05, 4.69) is 5.92 Å². The Morgan fingerprint density at radius 1 is 1.33 bits per heavy atom. The van der Waals surface area contributed by atoms with Gasteiger partial charge in [-0.1, -0.05) is 12.1 Å². The molecule has 1 saturated heterocycles. The molecule has 0 saturated carbocycles. The predicted octanol–water partition coefficient (Wildman–Crippen LogP) is 2.44. The van der Waals surface area contributed by atoms with E-state index in [9.17, 15) is 14.4 Å². The van der Waals surface area contributed by atoms with Gasteiger partial charge in [0.15, 0.2) is 0 Å². The molecule has 2 rings (SSSR count). The summed E-state index contributed by atoms with van der Waals surface area (Å²) < 4.78 is 0. The average Bonchev–Trinajstić information content (AvgIpc) is 2.72. The molecule has 0 unspecified atom stereocenters. The fourth-order valence-corrected chi connectivity index (χ4v) is 2.61. The minimum absolute atomic E-state index is 0.161. The molecule has 6 heteroatoms. The van der Waals surface area contributed by atoms with Crippen LogP contribution in [0, 0.1) is 12.3 Å². The molecule has 0 atom stereocenters. The molecule has 0 bridgehead atoms. The molecule has 5 nitrogen and oxygen atoms in total. The molecule has 1 aliphatic heterocycles. The van der Waals surface area contributed by atoms with Crippen LogP contribution < -0.4 is 0 Å². The minimum Gasteiger partial charge on any atom is -0.478 e. The van der Waals surface area contributed by atoms with Gasteiger partial charge in [0.1, 0.15) is 0 Å². The van der Waals surface area contributed by atoms with Gasteiger partial charge in [-0.15, -0.1) is 12.3 Å². The first kappa shape index (κ1) is 14.9. The smallest absolute Gasteiger partial charge is 0.335 e. The Hall–Kier alpha value is -2.52. The molecule has 106 valence electrons. The van der Waals surface area contributed by atoms with E-state index in [0.717, 1.165) is 16.7 Å². The molecule has 0 aliphatic carbocycles. The molecule has 1 aliphatic rings. The van der Waals surface area contributed by atoms with Gasteiger partial charge in [0, 0.05) is 13.0 Å². The number of carbonyl (C=O) groups excluding carboxylic acids is 2. The summed E-state index contributed by atoms with van der Waals surface area (Å²) in [6, 6.07) is 6.05. The summed E-state index contributed by atoms with van der Waals surface area (Å²) in [6.07, 6.45) is 7.01. The van der Waals surface area contributed by atoms with E-state index >= 15 is 0 Å². The van der Waals surface area contributed by atoms with Crippen molar-refractivity contribution in [3.05, 3.63) is 40.3 Å². The van der Waals surface area contributed by atoms with Crippen molar-refractivity contribution in [1.82, 2.24) is 4.90 Å². The predicted molar refractivity (Wildman–Crippen MR) is 79.5 cm³/mol. The molecule has 1 fully saturated rings. The first-order valence-electron chi connectivity index (χ1n) is 6.05. The van der Waals surface area contributed by atoms with E-state index in [4.69, 9.17) is 11.5 Å². The van der Waals surface area contributed by atoms with Crippen LogP contribution in [0.25, 0.3) is 6.08 Å². The van der Waals surface area contributed by atoms with E-state index in [-0.39, 0.29) is 23.3 Å². The monoisotopic (exact) mass is 301 g/mol. The van der Waals surface area contributed by atoms with Crippen LogP contribution in [0.1, 0.15) is 22.3 Å². The van der Waals surface area contributed by atoms with Gasteiger partial charge in [0.05, 0.1) is 10.5 Å². The van der Waals surface area contributed by atoms with Gasteiger partial charge in [-0.05, 0) is 35.5 Å². The molecule has 1 aromatic carbocycles. The van der Waals surface area contributed by atoms with E-state index in [0.29, 0.717) is 16.9 Å². The highest BCUT2D eigenvalue weighted by Gasteiger charge is 2.34. The summed E-state index contributed by atoms with van der Waals surface area (Å²) in [6.45, 7) is 0.205. The number of hydrogen-bond donors (Lipinski definition) is 1. The largest absolute Gasteiger partial charge is 0.478 e. The fraction of sp³-hybridized carbons (Fsp3) is 0.133. The Morgan fingerprint density at radius 2 is 2.00 bits per heavy atom. The Labute approximate surface area is 125 Å². The lowest BCUT2D eigenvalue weighted by Crippen LogP contribution is -2.28. The van der Waals surface area contributed by atoms with Crippen molar-refractivity contribution < 1.29 is 19.5 Å².